The van der Waals surface area contributed by atoms with E-state index in [0.717, 1.165) is 27.6 Å². The van der Waals surface area contributed by atoms with Crippen LogP contribution in [0.3, 0.4) is 0 Å². The Kier molecular flexibility index (Phi) is 1.72. The molecule has 0 aromatic carbocycles. The molecule has 0 saturated heterocycles. The predicted molar refractivity (Wildman–Crippen MR) is 61.6 cm³/mol. The number of aromatic amines is 1. The number of imidazole rings is 1. The van der Waals surface area contributed by atoms with Crippen molar-refractivity contribution < 1.29 is 0 Å². The lowest BCUT2D eigenvalue weighted by atomic mass is 10.4. The Morgan fingerprint density at radius 2 is 2.27 bits per heavy atom. The van der Waals surface area contributed by atoms with Crippen LogP contribution in [0.15, 0.2) is 29.8 Å². The summed E-state index contributed by atoms with van der Waals surface area (Å²) in [5.41, 5.74) is 8.23. The smallest absolute Gasteiger partial charge is 0.178 e. The predicted octanol–water partition coefficient (Wildman–Crippen LogP) is 2.27. The molecule has 0 bridgehead atoms. The fourth-order valence-corrected chi connectivity index (χ4v) is 2.23. The molecule has 0 unspecified atom stereocenters. The average molecular weight is 216 g/mol. The maximum atomic E-state index is 5.82. The van der Waals surface area contributed by atoms with E-state index in [1.165, 1.54) is 0 Å². The van der Waals surface area contributed by atoms with Gasteiger partial charge in [-0.05, 0) is 23.6 Å². The molecule has 0 atom stereocenters. The van der Waals surface area contributed by atoms with E-state index < -0.39 is 0 Å². The Balaban J connectivity index is 2.24. The number of anilines is 1. The molecule has 0 saturated carbocycles. The van der Waals surface area contributed by atoms with Gasteiger partial charge in [-0.25, -0.2) is 9.97 Å². The lowest BCUT2D eigenvalue weighted by Gasteiger charge is -1.91. The second-order valence-electron chi connectivity index (χ2n) is 3.17. The van der Waals surface area contributed by atoms with Gasteiger partial charge in [0.1, 0.15) is 0 Å². The highest BCUT2D eigenvalue weighted by molar-refractivity contribution is 7.14. The first-order valence-electron chi connectivity index (χ1n) is 4.48. The second kappa shape index (κ2) is 3.06. The third kappa shape index (κ3) is 1.28. The number of H-pyrrole nitrogens is 1. The average Bonchev–Trinajstić information content (AvgIpc) is 2.82. The van der Waals surface area contributed by atoms with Crippen molar-refractivity contribution in [2.75, 3.05) is 5.73 Å². The topological polar surface area (TPSA) is 67.6 Å². The first kappa shape index (κ1) is 8.43. The quantitative estimate of drug-likeness (QED) is 0.655. The van der Waals surface area contributed by atoms with Gasteiger partial charge in [-0.2, -0.15) is 0 Å². The van der Waals surface area contributed by atoms with Gasteiger partial charge in [-0.1, -0.05) is 0 Å². The Morgan fingerprint density at radius 3 is 3.00 bits per heavy atom. The third-order valence-corrected chi connectivity index (χ3v) is 3.11. The minimum Gasteiger partial charge on any atom is -0.397 e. The molecule has 0 aliphatic carbocycles. The molecule has 15 heavy (non-hydrogen) atoms. The van der Waals surface area contributed by atoms with E-state index >= 15 is 0 Å². The number of thiophene rings is 1. The molecule has 4 nitrogen and oxygen atoms in total. The zero-order valence-electron chi connectivity index (χ0n) is 7.77. The molecule has 0 spiro atoms. The number of rotatable bonds is 1. The van der Waals surface area contributed by atoms with Gasteiger partial charge in [0.2, 0.25) is 0 Å². The summed E-state index contributed by atoms with van der Waals surface area (Å²) in [6, 6.07) is 5.70. The summed E-state index contributed by atoms with van der Waals surface area (Å²) in [6.45, 7) is 0. The van der Waals surface area contributed by atoms with Crippen molar-refractivity contribution in [1.29, 1.82) is 0 Å². The number of nitrogens with one attached hydrogen (secondary N) is 1. The monoisotopic (exact) mass is 216 g/mol. The van der Waals surface area contributed by atoms with Crippen LogP contribution in [0, 0.1) is 0 Å². The summed E-state index contributed by atoms with van der Waals surface area (Å²) in [5.74, 6) is 0.788. The summed E-state index contributed by atoms with van der Waals surface area (Å²) >= 11 is 1.57. The van der Waals surface area contributed by atoms with Crippen molar-refractivity contribution in [3.8, 4) is 10.7 Å². The van der Waals surface area contributed by atoms with Crippen LogP contribution in [-0.2, 0) is 0 Å². The minimum absolute atomic E-state index is 0.723. The summed E-state index contributed by atoms with van der Waals surface area (Å²) < 4.78 is 0. The zero-order valence-corrected chi connectivity index (χ0v) is 8.58. The van der Waals surface area contributed by atoms with E-state index in [1.54, 1.807) is 17.5 Å². The normalized spacial score (nSPS) is 10.9. The molecule has 3 rings (SSSR count). The molecule has 3 N–H and O–H groups in total. The van der Waals surface area contributed by atoms with E-state index in [-0.39, 0.29) is 0 Å². The number of hydrogen-bond acceptors (Lipinski definition) is 4. The summed E-state index contributed by atoms with van der Waals surface area (Å²) in [4.78, 5) is 12.7. The number of fused-ring (bicyclic) bond motifs is 1. The molecule has 3 heterocycles. The first-order chi connectivity index (χ1) is 7.34. The van der Waals surface area contributed by atoms with Gasteiger partial charge in [0.15, 0.2) is 11.5 Å². The Bertz CT molecular complexity index is 577. The van der Waals surface area contributed by atoms with Crippen molar-refractivity contribution >= 4 is 28.2 Å². The van der Waals surface area contributed by atoms with Crippen molar-refractivity contribution in [2.24, 2.45) is 0 Å². The van der Waals surface area contributed by atoms with Gasteiger partial charge in [0.05, 0.1) is 16.1 Å². The number of nitrogens with zero attached hydrogens (tertiary/aromatic N) is 2. The molecule has 0 aliphatic rings. The van der Waals surface area contributed by atoms with Crippen LogP contribution < -0.4 is 5.73 Å². The number of nitrogens with two attached hydrogens (primary N) is 1. The van der Waals surface area contributed by atoms with Crippen LogP contribution in [0.1, 0.15) is 0 Å². The van der Waals surface area contributed by atoms with Crippen molar-refractivity contribution in [1.82, 2.24) is 15.0 Å². The van der Waals surface area contributed by atoms with Crippen molar-refractivity contribution in [3.05, 3.63) is 29.8 Å². The van der Waals surface area contributed by atoms with Gasteiger partial charge in [-0.3, -0.25) is 0 Å². The van der Waals surface area contributed by atoms with E-state index in [2.05, 4.69) is 15.0 Å². The highest BCUT2D eigenvalue weighted by Gasteiger charge is 2.09. The number of pyridine rings is 1. The number of nitrogen functional groups attached to an aromatic ring is 1. The Morgan fingerprint density at radius 1 is 1.33 bits per heavy atom. The van der Waals surface area contributed by atoms with E-state index in [9.17, 15) is 0 Å². The molecular formula is C10H8N4S. The maximum Gasteiger partial charge on any atom is 0.178 e. The van der Waals surface area contributed by atoms with Crippen LogP contribution >= 0.6 is 11.3 Å². The van der Waals surface area contributed by atoms with Crippen LogP contribution in [0.5, 0.6) is 0 Å². The minimum atomic E-state index is 0.723. The Hall–Kier alpha value is -1.88. The van der Waals surface area contributed by atoms with Crippen LogP contribution in [0.2, 0.25) is 0 Å². The molecule has 3 aromatic rings. The van der Waals surface area contributed by atoms with Gasteiger partial charge in [0.25, 0.3) is 0 Å². The summed E-state index contributed by atoms with van der Waals surface area (Å²) in [7, 11) is 0. The summed E-state index contributed by atoms with van der Waals surface area (Å²) in [5, 5.41) is 1.95. The van der Waals surface area contributed by atoms with Crippen LogP contribution in [-0.4, -0.2) is 15.0 Å². The van der Waals surface area contributed by atoms with Crippen molar-refractivity contribution in [2.45, 2.75) is 0 Å². The lowest BCUT2D eigenvalue weighted by Crippen LogP contribution is -1.84. The van der Waals surface area contributed by atoms with Gasteiger partial charge >= 0.3 is 0 Å². The number of aromatic nitrogens is 3. The van der Waals surface area contributed by atoms with Gasteiger partial charge in [-0.15, -0.1) is 11.3 Å². The lowest BCUT2D eigenvalue weighted by molar-refractivity contribution is 1.31. The SMILES string of the molecule is Nc1ccsc1-c1nc2ncccc2[nH]1. The second-order valence-corrected chi connectivity index (χ2v) is 4.08. The molecule has 0 aliphatic heterocycles. The van der Waals surface area contributed by atoms with Crippen molar-refractivity contribution in [3.63, 3.8) is 0 Å². The standard InChI is InChI=1S/C10H8N4S/c11-6-3-5-15-8(6)10-13-7-2-1-4-12-9(7)14-10/h1-5H,11H2,(H,12,13,14). The highest BCUT2D eigenvalue weighted by Crippen LogP contribution is 2.30. The molecule has 0 amide bonds. The molecule has 74 valence electrons. The fraction of sp³-hybridized carbons (Fsp3) is 0. The molecule has 0 fully saturated rings. The fourth-order valence-electron chi connectivity index (χ4n) is 1.46. The number of hydrogen-bond donors (Lipinski definition) is 2. The van der Waals surface area contributed by atoms with E-state index in [0.29, 0.717) is 0 Å². The zero-order chi connectivity index (χ0) is 10.3. The van der Waals surface area contributed by atoms with Crippen LogP contribution in [0.25, 0.3) is 21.9 Å². The van der Waals surface area contributed by atoms with E-state index in [4.69, 9.17) is 5.73 Å². The molecular weight excluding hydrogens is 208 g/mol. The molecule has 0 radical (unpaired) electrons. The van der Waals surface area contributed by atoms with E-state index in [1.807, 2.05) is 23.6 Å². The molecule has 3 aromatic heterocycles. The highest BCUT2D eigenvalue weighted by atomic mass is 32.1. The largest absolute Gasteiger partial charge is 0.397 e. The Labute approximate surface area is 89.8 Å². The third-order valence-electron chi connectivity index (χ3n) is 2.17. The maximum absolute atomic E-state index is 5.82. The first-order valence-corrected chi connectivity index (χ1v) is 5.36. The molecule has 5 heteroatoms. The van der Waals surface area contributed by atoms with Gasteiger partial charge < -0.3 is 10.7 Å². The summed E-state index contributed by atoms with van der Waals surface area (Å²) in [6.07, 6.45) is 1.73. The van der Waals surface area contributed by atoms with Crippen LogP contribution in [0.4, 0.5) is 5.69 Å². The van der Waals surface area contributed by atoms with Gasteiger partial charge in [0, 0.05) is 6.20 Å².